The summed E-state index contributed by atoms with van der Waals surface area (Å²) in [5, 5.41) is 0. The molecule has 5 aromatic rings. The molecule has 0 radical (unpaired) electrons. The van der Waals surface area contributed by atoms with E-state index in [0.29, 0.717) is 0 Å². The molecule has 2 nitrogen and oxygen atoms in total. The van der Waals surface area contributed by atoms with Crippen molar-refractivity contribution in [2.75, 3.05) is 9.80 Å². The van der Waals surface area contributed by atoms with E-state index in [1.54, 1.807) is 0 Å². The second kappa shape index (κ2) is 11.6. The van der Waals surface area contributed by atoms with Crippen LogP contribution in [0.15, 0.2) is 106 Å². The summed E-state index contributed by atoms with van der Waals surface area (Å²) in [7, 11) is 0. The minimum absolute atomic E-state index is 1.08. The van der Waals surface area contributed by atoms with E-state index in [-0.39, 0.29) is 0 Å². The molecule has 202 valence electrons. The van der Waals surface area contributed by atoms with Gasteiger partial charge in [-0.15, -0.1) is 0 Å². The Kier molecular flexibility index (Phi) is 8.21. The van der Waals surface area contributed by atoms with Gasteiger partial charge < -0.3 is 9.80 Å². The van der Waals surface area contributed by atoms with Crippen LogP contribution in [-0.2, 0) is 0 Å². The summed E-state index contributed by atoms with van der Waals surface area (Å²) < 4.78 is 2.16. The van der Waals surface area contributed by atoms with Crippen molar-refractivity contribution in [1.29, 1.82) is 0 Å². The third-order valence-corrected chi connectivity index (χ3v) is 8.34. The molecular formula is C36H34Br2N2. The highest BCUT2D eigenvalue weighted by Gasteiger charge is 2.20. The summed E-state index contributed by atoms with van der Waals surface area (Å²) in [5.41, 5.74) is 14.4. The first kappa shape index (κ1) is 28.2. The van der Waals surface area contributed by atoms with Gasteiger partial charge in [0.15, 0.2) is 0 Å². The molecule has 0 aromatic heterocycles. The third-order valence-electron chi connectivity index (χ3n) is 7.35. The van der Waals surface area contributed by atoms with Gasteiger partial charge >= 0.3 is 0 Å². The zero-order valence-electron chi connectivity index (χ0n) is 23.9. The average Bonchev–Trinajstić information content (AvgIpc) is 2.89. The predicted molar refractivity (Wildman–Crippen MR) is 180 cm³/mol. The molecule has 0 aliphatic heterocycles. The van der Waals surface area contributed by atoms with Crippen LogP contribution in [0, 0.1) is 41.5 Å². The lowest BCUT2D eigenvalue weighted by molar-refractivity contribution is 1.20. The summed E-state index contributed by atoms with van der Waals surface area (Å²) in [6, 6.07) is 35.3. The van der Waals surface area contributed by atoms with Crippen LogP contribution < -0.4 is 9.80 Å². The summed E-state index contributed by atoms with van der Waals surface area (Å²) in [6.07, 6.45) is 0. The molecule has 0 saturated carbocycles. The highest BCUT2D eigenvalue weighted by atomic mass is 79.9. The van der Waals surface area contributed by atoms with Crippen LogP contribution in [0.2, 0.25) is 0 Å². The summed E-state index contributed by atoms with van der Waals surface area (Å²) in [4.78, 5) is 4.74. The van der Waals surface area contributed by atoms with Crippen LogP contribution in [0.3, 0.4) is 0 Å². The molecule has 0 spiro atoms. The Hall–Kier alpha value is -3.34. The maximum absolute atomic E-state index is 3.65. The van der Waals surface area contributed by atoms with E-state index in [1.807, 2.05) is 0 Å². The van der Waals surface area contributed by atoms with Crippen molar-refractivity contribution >= 4 is 66.0 Å². The van der Waals surface area contributed by atoms with E-state index < -0.39 is 0 Å². The fourth-order valence-electron chi connectivity index (χ4n) is 5.42. The summed E-state index contributed by atoms with van der Waals surface area (Å²) in [6.45, 7) is 13.0. The Morgan fingerprint density at radius 2 is 0.675 bits per heavy atom. The molecule has 0 aliphatic carbocycles. The Balaban J connectivity index is 1.66. The van der Waals surface area contributed by atoms with Crippen molar-refractivity contribution in [2.45, 2.75) is 41.5 Å². The number of halogens is 2. The van der Waals surface area contributed by atoms with Crippen LogP contribution in [0.5, 0.6) is 0 Å². The van der Waals surface area contributed by atoms with Crippen molar-refractivity contribution < 1.29 is 0 Å². The van der Waals surface area contributed by atoms with Gasteiger partial charge in [0.2, 0.25) is 0 Å². The first-order chi connectivity index (χ1) is 19.1. The van der Waals surface area contributed by atoms with Gasteiger partial charge in [-0.1, -0.05) is 67.3 Å². The third kappa shape index (κ3) is 5.75. The van der Waals surface area contributed by atoms with E-state index in [4.69, 9.17) is 0 Å². The van der Waals surface area contributed by atoms with E-state index >= 15 is 0 Å². The monoisotopic (exact) mass is 652 g/mol. The fraction of sp³-hybridized carbons (Fsp3) is 0.167. The van der Waals surface area contributed by atoms with Gasteiger partial charge in [0.25, 0.3) is 0 Å². The highest BCUT2D eigenvalue weighted by Crippen LogP contribution is 2.43. The fourth-order valence-corrected chi connectivity index (χ4v) is 6.37. The smallest absolute Gasteiger partial charge is 0.0491 e. The van der Waals surface area contributed by atoms with Crippen molar-refractivity contribution in [3.63, 3.8) is 0 Å². The molecule has 0 N–H and O–H groups in total. The van der Waals surface area contributed by atoms with Gasteiger partial charge in [-0.2, -0.15) is 0 Å². The molecule has 0 saturated heterocycles. The minimum Gasteiger partial charge on any atom is -0.310 e. The van der Waals surface area contributed by atoms with Crippen LogP contribution in [0.1, 0.15) is 33.4 Å². The number of hydrogen-bond donors (Lipinski definition) is 0. The molecule has 40 heavy (non-hydrogen) atoms. The van der Waals surface area contributed by atoms with Gasteiger partial charge in [0.1, 0.15) is 0 Å². The molecule has 4 heteroatoms. The number of rotatable bonds is 6. The highest BCUT2D eigenvalue weighted by molar-refractivity contribution is 9.10. The van der Waals surface area contributed by atoms with Crippen molar-refractivity contribution in [2.24, 2.45) is 0 Å². The molecule has 0 amide bonds. The molecule has 0 bridgehead atoms. The predicted octanol–water partition coefficient (Wildman–Crippen LogP) is 12.0. The second-order valence-corrected chi connectivity index (χ2v) is 12.5. The quantitative estimate of drug-likeness (QED) is 0.180. The Morgan fingerprint density at radius 3 is 0.975 bits per heavy atom. The van der Waals surface area contributed by atoms with Crippen LogP contribution in [0.4, 0.5) is 34.1 Å². The van der Waals surface area contributed by atoms with Crippen molar-refractivity contribution in [3.05, 3.63) is 139 Å². The average molecular weight is 654 g/mol. The number of hydrogen-bond acceptors (Lipinski definition) is 2. The normalized spacial score (nSPS) is 11.0. The molecular weight excluding hydrogens is 620 g/mol. The summed E-state index contributed by atoms with van der Waals surface area (Å²) >= 11 is 7.29. The van der Waals surface area contributed by atoms with E-state index in [0.717, 1.165) is 31.7 Å². The molecule has 0 aliphatic rings. The Bertz CT molecular complexity index is 1460. The zero-order valence-corrected chi connectivity index (χ0v) is 27.1. The second-order valence-electron chi connectivity index (χ2n) is 10.6. The largest absolute Gasteiger partial charge is 0.310 e. The molecule has 0 unspecified atom stereocenters. The van der Waals surface area contributed by atoms with Crippen LogP contribution >= 0.6 is 31.9 Å². The molecule has 5 aromatic carbocycles. The SMILES string of the molecule is Cc1ccc(N(c2ccc(N(c3ccc(C)cc3C)c3ccc(Br)cc3C)cc2)c2ccc(Br)cc2C)c(C)c1. The number of nitrogens with zero attached hydrogens (tertiary/aromatic N) is 2. The Morgan fingerprint density at radius 1 is 0.375 bits per heavy atom. The van der Waals surface area contributed by atoms with Gasteiger partial charge in [-0.3, -0.25) is 0 Å². The maximum Gasteiger partial charge on any atom is 0.0491 e. The maximum atomic E-state index is 3.65. The lowest BCUT2D eigenvalue weighted by atomic mass is 10.0. The van der Waals surface area contributed by atoms with Gasteiger partial charge in [0, 0.05) is 43.1 Å². The molecule has 0 atom stereocenters. The van der Waals surface area contributed by atoms with Gasteiger partial charge in [0.05, 0.1) is 0 Å². The van der Waals surface area contributed by atoms with Crippen molar-refractivity contribution in [3.8, 4) is 0 Å². The number of benzene rings is 5. The first-order valence-electron chi connectivity index (χ1n) is 13.5. The topological polar surface area (TPSA) is 6.48 Å². The molecule has 5 rings (SSSR count). The number of aryl methyl sites for hydroxylation is 6. The Labute approximate surface area is 255 Å². The molecule has 0 fully saturated rings. The lowest BCUT2D eigenvalue weighted by Crippen LogP contribution is -2.15. The minimum atomic E-state index is 1.08. The summed E-state index contributed by atoms with van der Waals surface area (Å²) in [5.74, 6) is 0. The van der Waals surface area contributed by atoms with Crippen LogP contribution in [-0.4, -0.2) is 0 Å². The molecule has 0 heterocycles. The first-order valence-corrected chi connectivity index (χ1v) is 15.1. The number of anilines is 6. The van der Waals surface area contributed by atoms with Gasteiger partial charge in [-0.05, 0) is 137 Å². The van der Waals surface area contributed by atoms with E-state index in [2.05, 4.69) is 180 Å². The van der Waals surface area contributed by atoms with Crippen molar-refractivity contribution in [1.82, 2.24) is 0 Å². The standard InChI is InChI=1S/C36H34Br2N2/c1-23-7-15-33(25(3)19-23)39(35-17-9-29(37)21-27(35)5)31-11-13-32(14-12-31)40(34-16-8-24(2)20-26(34)4)36-18-10-30(38)22-28(36)6/h7-22H,1-6H3. The van der Waals surface area contributed by atoms with Gasteiger partial charge in [-0.25, -0.2) is 0 Å². The van der Waals surface area contributed by atoms with Crippen LogP contribution in [0.25, 0.3) is 0 Å². The van der Waals surface area contributed by atoms with E-state index in [9.17, 15) is 0 Å². The lowest BCUT2D eigenvalue weighted by Gasteiger charge is -2.31. The zero-order chi connectivity index (χ0) is 28.6. The van der Waals surface area contributed by atoms with E-state index in [1.165, 1.54) is 44.8 Å².